The van der Waals surface area contributed by atoms with Gasteiger partial charge in [0.2, 0.25) is 11.8 Å². The predicted molar refractivity (Wildman–Crippen MR) is 169 cm³/mol. The van der Waals surface area contributed by atoms with Crippen LogP contribution in [-0.2, 0) is 26.2 Å². The zero-order valence-electron chi connectivity index (χ0n) is 22.9. The lowest BCUT2D eigenvalue weighted by Gasteiger charge is -2.33. The summed E-state index contributed by atoms with van der Waals surface area (Å²) in [4.78, 5) is 28.8. The highest BCUT2D eigenvalue weighted by molar-refractivity contribution is 7.92. The minimum Gasteiger partial charge on any atom is -0.352 e. The number of sulfonamides is 1. The molecule has 0 saturated heterocycles. The molecule has 0 radical (unpaired) electrons. The molecule has 0 heterocycles. The molecule has 3 aromatic carbocycles. The number of hydrogen-bond acceptors (Lipinski definition) is 4. The number of nitrogens with one attached hydrogen (secondary N) is 1. The van der Waals surface area contributed by atoms with Crippen LogP contribution in [0.5, 0.6) is 0 Å². The van der Waals surface area contributed by atoms with Crippen LogP contribution >= 0.6 is 46.4 Å². The van der Waals surface area contributed by atoms with Crippen LogP contribution in [0, 0.1) is 0 Å². The topological polar surface area (TPSA) is 86.8 Å². The molecule has 3 aromatic rings. The van der Waals surface area contributed by atoms with Gasteiger partial charge in [-0.3, -0.25) is 13.9 Å². The van der Waals surface area contributed by atoms with Gasteiger partial charge < -0.3 is 10.2 Å². The lowest BCUT2D eigenvalue weighted by Crippen LogP contribution is -2.53. The molecule has 1 unspecified atom stereocenters. The number of carbonyl (C=O) groups is 2. The maximum atomic E-state index is 14.1. The Kier molecular flexibility index (Phi) is 11.1. The number of carbonyl (C=O) groups excluding carboxylic acids is 2. The summed E-state index contributed by atoms with van der Waals surface area (Å²) in [6, 6.07) is 16.0. The van der Waals surface area contributed by atoms with E-state index in [9.17, 15) is 18.0 Å². The minimum atomic E-state index is -4.28. The molecule has 1 saturated carbocycles. The second-order valence-corrected chi connectivity index (χ2v) is 13.7. The number of anilines is 1. The fourth-order valence-corrected chi connectivity index (χ4v) is 7.24. The molecule has 1 aliphatic carbocycles. The number of amides is 2. The van der Waals surface area contributed by atoms with Gasteiger partial charge in [-0.05, 0) is 67.8 Å². The van der Waals surface area contributed by atoms with Gasteiger partial charge in [0.05, 0.1) is 15.6 Å². The largest absolute Gasteiger partial charge is 0.352 e. The maximum Gasteiger partial charge on any atom is 0.264 e. The Morgan fingerprint density at radius 1 is 0.881 bits per heavy atom. The SMILES string of the molecule is CC(C(=O)NC1CCCCC1)N(Cc1ccc(Cl)cc1Cl)C(=O)CN(c1cc(Cl)ccc1Cl)S(=O)(=O)c1ccccc1. The van der Waals surface area contributed by atoms with Crippen LogP contribution in [0.1, 0.15) is 44.6 Å². The molecule has 0 bridgehead atoms. The predicted octanol–water partition coefficient (Wildman–Crippen LogP) is 7.36. The van der Waals surface area contributed by atoms with Gasteiger partial charge in [-0.25, -0.2) is 8.42 Å². The van der Waals surface area contributed by atoms with Crippen molar-refractivity contribution < 1.29 is 18.0 Å². The number of halogens is 4. The van der Waals surface area contributed by atoms with Crippen molar-refractivity contribution in [3.05, 3.63) is 92.4 Å². The zero-order chi connectivity index (χ0) is 30.4. The van der Waals surface area contributed by atoms with Crippen molar-refractivity contribution in [3.8, 4) is 0 Å². The molecule has 2 amide bonds. The van der Waals surface area contributed by atoms with Gasteiger partial charge >= 0.3 is 0 Å². The minimum absolute atomic E-state index is 0.0185. The van der Waals surface area contributed by atoms with E-state index < -0.39 is 28.5 Å². The third kappa shape index (κ3) is 7.91. The van der Waals surface area contributed by atoms with Crippen LogP contribution in [0.25, 0.3) is 0 Å². The van der Waals surface area contributed by atoms with E-state index in [0.29, 0.717) is 15.6 Å². The maximum absolute atomic E-state index is 14.1. The van der Waals surface area contributed by atoms with Gasteiger partial charge in [0, 0.05) is 27.7 Å². The molecule has 1 fully saturated rings. The molecule has 0 aliphatic heterocycles. The second-order valence-electron chi connectivity index (χ2n) is 10.2. The van der Waals surface area contributed by atoms with Crippen LogP contribution in [0.4, 0.5) is 5.69 Å². The summed E-state index contributed by atoms with van der Waals surface area (Å²) in [6.07, 6.45) is 4.90. The Morgan fingerprint density at radius 2 is 1.52 bits per heavy atom. The third-order valence-electron chi connectivity index (χ3n) is 7.26. The molecule has 224 valence electrons. The molecule has 4 rings (SSSR count). The first kappa shape index (κ1) is 32.4. The van der Waals surface area contributed by atoms with E-state index in [1.807, 2.05) is 0 Å². The van der Waals surface area contributed by atoms with Crippen molar-refractivity contribution in [1.82, 2.24) is 10.2 Å². The van der Waals surface area contributed by atoms with Crippen molar-refractivity contribution >= 4 is 73.9 Å². The highest BCUT2D eigenvalue weighted by Gasteiger charge is 2.34. The van der Waals surface area contributed by atoms with Crippen LogP contribution in [0.2, 0.25) is 20.1 Å². The second kappa shape index (κ2) is 14.3. The standard InChI is InChI=1S/C30H31Cl4N3O4S/c1-20(30(39)35-24-8-4-2-5-9-24)36(18-21-12-13-22(31)16-27(21)34)29(38)19-37(28-17-23(32)14-15-26(28)33)42(40,41)25-10-6-3-7-11-25/h3,6-7,10-17,20,24H,2,4-5,8-9,18-19H2,1H3,(H,35,39). The highest BCUT2D eigenvalue weighted by Crippen LogP contribution is 2.33. The van der Waals surface area contributed by atoms with Crippen molar-refractivity contribution in [3.63, 3.8) is 0 Å². The van der Waals surface area contributed by atoms with Gasteiger partial charge in [-0.1, -0.05) is 89.9 Å². The van der Waals surface area contributed by atoms with Crippen molar-refractivity contribution in [2.24, 2.45) is 0 Å². The first-order chi connectivity index (χ1) is 20.0. The fourth-order valence-electron chi connectivity index (χ4n) is 4.89. The van der Waals surface area contributed by atoms with E-state index in [1.165, 1.54) is 35.2 Å². The number of nitrogens with zero attached hydrogens (tertiary/aromatic N) is 2. The van der Waals surface area contributed by atoms with E-state index >= 15 is 0 Å². The quantitative estimate of drug-likeness (QED) is 0.244. The average molecular weight is 671 g/mol. The first-order valence-corrected chi connectivity index (χ1v) is 16.5. The molecule has 12 heteroatoms. The Hall–Kier alpha value is -2.49. The molecule has 1 aliphatic rings. The van der Waals surface area contributed by atoms with E-state index in [1.54, 1.807) is 43.3 Å². The highest BCUT2D eigenvalue weighted by atomic mass is 35.5. The summed E-state index contributed by atoms with van der Waals surface area (Å²) in [7, 11) is -4.28. The molecule has 0 spiro atoms. The van der Waals surface area contributed by atoms with Crippen molar-refractivity contribution in [2.45, 2.75) is 62.6 Å². The monoisotopic (exact) mass is 669 g/mol. The summed E-state index contributed by atoms with van der Waals surface area (Å²) in [6.45, 7) is 0.905. The molecule has 0 aromatic heterocycles. The number of benzene rings is 3. The fraction of sp³-hybridized carbons (Fsp3) is 0.333. The Labute approximate surface area is 266 Å². The first-order valence-electron chi connectivity index (χ1n) is 13.5. The Balaban J connectivity index is 1.72. The number of rotatable bonds is 10. The van der Waals surface area contributed by atoms with Gasteiger partial charge in [0.1, 0.15) is 12.6 Å². The molecule has 1 atom stereocenters. The summed E-state index contributed by atoms with van der Waals surface area (Å²) >= 11 is 25.2. The lowest BCUT2D eigenvalue weighted by atomic mass is 9.95. The van der Waals surface area contributed by atoms with Crippen LogP contribution in [-0.4, -0.2) is 43.8 Å². The smallest absolute Gasteiger partial charge is 0.264 e. The Bertz CT molecular complexity index is 1530. The van der Waals surface area contributed by atoms with E-state index in [4.69, 9.17) is 46.4 Å². The number of hydrogen-bond donors (Lipinski definition) is 1. The van der Waals surface area contributed by atoms with Crippen LogP contribution in [0.3, 0.4) is 0 Å². The van der Waals surface area contributed by atoms with Gasteiger partial charge in [-0.2, -0.15) is 0 Å². The molecular formula is C30H31Cl4N3O4S. The van der Waals surface area contributed by atoms with Gasteiger partial charge in [0.15, 0.2) is 0 Å². The van der Waals surface area contributed by atoms with Crippen molar-refractivity contribution in [1.29, 1.82) is 0 Å². The van der Waals surface area contributed by atoms with E-state index in [2.05, 4.69) is 5.32 Å². The average Bonchev–Trinajstić information content (AvgIpc) is 2.97. The van der Waals surface area contributed by atoms with Crippen LogP contribution in [0.15, 0.2) is 71.6 Å². The third-order valence-corrected chi connectivity index (χ3v) is 10.2. The van der Waals surface area contributed by atoms with Crippen molar-refractivity contribution in [2.75, 3.05) is 10.8 Å². The van der Waals surface area contributed by atoms with Gasteiger partial charge in [0.25, 0.3) is 10.0 Å². The Morgan fingerprint density at radius 3 is 2.19 bits per heavy atom. The summed E-state index contributed by atoms with van der Waals surface area (Å²) in [5.74, 6) is -0.971. The van der Waals surface area contributed by atoms with Gasteiger partial charge in [-0.15, -0.1) is 0 Å². The zero-order valence-corrected chi connectivity index (χ0v) is 26.7. The lowest BCUT2D eigenvalue weighted by molar-refractivity contribution is -0.139. The summed E-state index contributed by atoms with van der Waals surface area (Å²) in [5, 5.41) is 4.11. The molecule has 42 heavy (non-hydrogen) atoms. The molecule has 7 nitrogen and oxygen atoms in total. The van der Waals surface area contributed by atoms with E-state index in [0.717, 1.165) is 36.4 Å². The normalized spacial score (nSPS) is 14.7. The van der Waals surface area contributed by atoms with Crippen LogP contribution < -0.4 is 9.62 Å². The summed E-state index contributed by atoms with van der Waals surface area (Å²) < 4.78 is 28.7. The van der Waals surface area contributed by atoms with E-state index in [-0.39, 0.29) is 39.1 Å². The molecular weight excluding hydrogens is 640 g/mol. The molecule has 1 N–H and O–H groups in total. The summed E-state index contributed by atoms with van der Waals surface area (Å²) in [5.41, 5.74) is 0.579.